The van der Waals surface area contributed by atoms with Crippen molar-refractivity contribution in [3.05, 3.63) is 54.4 Å². The highest BCUT2D eigenvalue weighted by atomic mass is 16.5. The summed E-state index contributed by atoms with van der Waals surface area (Å²) in [6.07, 6.45) is 2.47. The van der Waals surface area contributed by atoms with Crippen molar-refractivity contribution in [2.24, 2.45) is 0 Å². The molecule has 3 aromatic rings. The maximum atomic E-state index is 6.13. The number of hydrogen-bond acceptors (Lipinski definition) is 7. The van der Waals surface area contributed by atoms with Crippen LogP contribution in [0, 0.1) is 0 Å². The molecule has 2 aromatic heterocycles. The van der Waals surface area contributed by atoms with Crippen LogP contribution in [0.1, 0.15) is 5.76 Å². The van der Waals surface area contributed by atoms with Crippen LogP contribution in [0.4, 0.5) is 11.8 Å². The lowest BCUT2D eigenvalue weighted by Gasteiger charge is -2.04. The minimum atomic E-state index is 0.403. The molecule has 7 heteroatoms. The van der Waals surface area contributed by atoms with Gasteiger partial charge in [-0.15, -0.1) is 0 Å². The van der Waals surface area contributed by atoms with Gasteiger partial charge in [0.15, 0.2) is 0 Å². The van der Waals surface area contributed by atoms with Gasteiger partial charge in [-0.3, -0.25) is 4.98 Å². The molecule has 0 radical (unpaired) electrons. The molecule has 0 spiro atoms. The Bertz CT molecular complexity index is 1090. The molecule has 142 valence electrons. The molecule has 1 aliphatic carbocycles. The minimum absolute atomic E-state index is 0.403. The molecule has 0 saturated heterocycles. The predicted octanol–water partition coefficient (Wildman–Crippen LogP) is 3.76. The summed E-state index contributed by atoms with van der Waals surface area (Å²) in [7, 11) is 3.41. The standard InChI is InChI=1S/C16H18N4O2.C5H3N/c1-18-16-19-14(17)13-12(10-6-4-3-5-7-10)11(8-9-21-2)22-15(13)20-16;1-2-6-5-3-4(1)5/h3-7H,8-9H2,1-2H3,(H3,17,18,19,20);1-3H. The lowest BCUT2D eigenvalue weighted by Crippen LogP contribution is -2.00. The zero-order valence-corrected chi connectivity index (χ0v) is 15.8. The van der Waals surface area contributed by atoms with Crippen LogP contribution in [0.15, 0.2) is 53.1 Å². The van der Waals surface area contributed by atoms with Crippen molar-refractivity contribution in [2.45, 2.75) is 6.42 Å². The number of nitrogens with one attached hydrogen (secondary N) is 1. The van der Waals surface area contributed by atoms with E-state index < -0.39 is 0 Å². The summed E-state index contributed by atoms with van der Waals surface area (Å²) in [5, 5.41) is 3.63. The molecule has 7 nitrogen and oxygen atoms in total. The number of hydrogen-bond donors (Lipinski definition) is 2. The molecule has 3 heterocycles. The van der Waals surface area contributed by atoms with E-state index in [4.69, 9.17) is 14.9 Å². The van der Waals surface area contributed by atoms with Gasteiger partial charge in [-0.25, -0.2) is 0 Å². The molecule has 0 saturated carbocycles. The summed E-state index contributed by atoms with van der Waals surface area (Å²) in [6.45, 7) is 0.561. The minimum Gasteiger partial charge on any atom is -0.442 e. The first-order valence-corrected chi connectivity index (χ1v) is 8.98. The van der Waals surface area contributed by atoms with Crippen LogP contribution >= 0.6 is 0 Å². The van der Waals surface area contributed by atoms with Gasteiger partial charge in [-0.2, -0.15) is 9.97 Å². The van der Waals surface area contributed by atoms with Crippen molar-refractivity contribution in [3.63, 3.8) is 0 Å². The van der Waals surface area contributed by atoms with Gasteiger partial charge in [-0.1, -0.05) is 30.3 Å². The monoisotopic (exact) mass is 375 g/mol. The van der Waals surface area contributed by atoms with Gasteiger partial charge < -0.3 is 20.2 Å². The molecular formula is C21H21N5O2. The van der Waals surface area contributed by atoms with Crippen molar-refractivity contribution in [3.8, 4) is 22.4 Å². The van der Waals surface area contributed by atoms with Gasteiger partial charge >= 0.3 is 0 Å². The van der Waals surface area contributed by atoms with Crippen molar-refractivity contribution in [1.82, 2.24) is 15.0 Å². The second kappa shape index (κ2) is 7.66. The fourth-order valence-electron chi connectivity index (χ4n) is 3.02. The summed E-state index contributed by atoms with van der Waals surface area (Å²) in [4.78, 5) is 12.6. The average molecular weight is 375 g/mol. The maximum absolute atomic E-state index is 6.13. The predicted molar refractivity (Wildman–Crippen MR) is 110 cm³/mol. The number of nitrogen functional groups attached to an aromatic ring is 1. The summed E-state index contributed by atoms with van der Waals surface area (Å²) in [6, 6.07) is 14.0. The quantitative estimate of drug-likeness (QED) is 0.482. The Labute approximate surface area is 162 Å². The fourth-order valence-corrected chi connectivity index (χ4v) is 3.02. The first-order chi connectivity index (χ1) is 13.7. The van der Waals surface area contributed by atoms with Crippen molar-refractivity contribution < 1.29 is 9.15 Å². The molecule has 0 unspecified atom stereocenters. The van der Waals surface area contributed by atoms with E-state index in [0.717, 1.165) is 22.3 Å². The summed E-state index contributed by atoms with van der Waals surface area (Å²) in [5.74, 6) is 1.65. The van der Waals surface area contributed by atoms with Crippen molar-refractivity contribution in [2.75, 3.05) is 31.8 Å². The van der Waals surface area contributed by atoms with Crippen LogP contribution in [0.25, 0.3) is 33.5 Å². The highest BCUT2D eigenvalue weighted by Crippen LogP contribution is 2.37. The zero-order chi connectivity index (χ0) is 19.5. The number of nitrogens with two attached hydrogens (primary N) is 1. The van der Waals surface area contributed by atoms with E-state index >= 15 is 0 Å². The molecule has 3 N–H and O–H groups in total. The van der Waals surface area contributed by atoms with E-state index in [1.165, 1.54) is 11.3 Å². The molecule has 1 aliphatic heterocycles. The van der Waals surface area contributed by atoms with Gasteiger partial charge in [0.1, 0.15) is 11.6 Å². The molecule has 0 atom stereocenters. The number of fused-ring (bicyclic) bond motifs is 2. The third-order valence-corrected chi connectivity index (χ3v) is 4.44. The number of benzene rings is 1. The molecule has 0 bridgehead atoms. The summed E-state index contributed by atoms with van der Waals surface area (Å²) in [5.41, 5.74) is 11.1. The molecule has 0 amide bonds. The van der Waals surface area contributed by atoms with Crippen LogP contribution < -0.4 is 11.1 Å². The first-order valence-electron chi connectivity index (χ1n) is 8.98. The number of aromatic nitrogens is 3. The number of nitrogens with zero attached hydrogens (tertiary/aromatic N) is 3. The van der Waals surface area contributed by atoms with E-state index in [0.29, 0.717) is 30.5 Å². The topological polar surface area (TPSA) is 99.1 Å². The molecule has 2 aliphatic rings. The number of rotatable bonds is 5. The Kier molecular flexibility index (Phi) is 4.90. The Hall–Kier alpha value is -3.45. The number of furan rings is 1. The Morgan fingerprint density at radius 1 is 1.11 bits per heavy atom. The largest absolute Gasteiger partial charge is 0.442 e. The van der Waals surface area contributed by atoms with Crippen LogP contribution in [-0.4, -0.2) is 35.7 Å². The van der Waals surface area contributed by atoms with Crippen LogP contribution in [0.2, 0.25) is 0 Å². The van der Waals surface area contributed by atoms with Gasteiger partial charge in [0.05, 0.1) is 17.7 Å². The van der Waals surface area contributed by atoms with Crippen LogP contribution in [-0.2, 0) is 11.2 Å². The maximum Gasteiger partial charge on any atom is 0.233 e. The number of methoxy groups -OCH3 is 1. The van der Waals surface area contributed by atoms with E-state index in [1.807, 2.05) is 42.6 Å². The average Bonchev–Trinajstić information content (AvgIpc) is 3.15. The Morgan fingerprint density at radius 3 is 2.50 bits per heavy atom. The van der Waals surface area contributed by atoms with E-state index in [-0.39, 0.29) is 0 Å². The van der Waals surface area contributed by atoms with Gasteiger partial charge in [0.2, 0.25) is 11.7 Å². The van der Waals surface area contributed by atoms with Gasteiger partial charge in [0, 0.05) is 37.9 Å². The van der Waals surface area contributed by atoms with E-state index in [2.05, 4.69) is 26.3 Å². The Morgan fingerprint density at radius 2 is 1.93 bits per heavy atom. The number of ether oxygens (including phenoxy) is 1. The van der Waals surface area contributed by atoms with Crippen molar-refractivity contribution in [1.29, 1.82) is 0 Å². The van der Waals surface area contributed by atoms with Gasteiger partial charge in [0.25, 0.3) is 0 Å². The Balaban J connectivity index is 0.000000268. The molecule has 1 aromatic carbocycles. The highest BCUT2D eigenvalue weighted by molar-refractivity contribution is 6.01. The molecule has 28 heavy (non-hydrogen) atoms. The fraction of sp³-hybridized carbons (Fsp3) is 0.190. The van der Waals surface area contributed by atoms with Crippen molar-refractivity contribution >= 4 is 22.9 Å². The summed E-state index contributed by atoms with van der Waals surface area (Å²) < 4.78 is 11.1. The highest BCUT2D eigenvalue weighted by Gasteiger charge is 2.20. The lowest BCUT2D eigenvalue weighted by atomic mass is 10.0. The van der Waals surface area contributed by atoms with E-state index in [1.54, 1.807) is 14.2 Å². The summed E-state index contributed by atoms with van der Waals surface area (Å²) >= 11 is 0. The van der Waals surface area contributed by atoms with Gasteiger partial charge in [-0.05, 0) is 17.7 Å². The molecule has 5 rings (SSSR count). The van der Waals surface area contributed by atoms with E-state index in [9.17, 15) is 0 Å². The smallest absolute Gasteiger partial charge is 0.233 e. The van der Waals surface area contributed by atoms with Crippen LogP contribution in [0.3, 0.4) is 0 Å². The zero-order valence-electron chi connectivity index (χ0n) is 15.8. The third kappa shape index (κ3) is 3.52. The second-order valence-corrected chi connectivity index (χ2v) is 6.30. The third-order valence-electron chi connectivity index (χ3n) is 4.44. The normalized spacial score (nSPS) is 11.1. The second-order valence-electron chi connectivity index (χ2n) is 6.30. The number of anilines is 2. The first kappa shape index (κ1) is 17.9. The SMILES string of the molecule is CNc1nc(N)c2c(-c3ccccc3)c(CCOC)oc2n1.c1cc2cc-2n1. The molecular weight excluding hydrogens is 354 g/mol. The lowest BCUT2D eigenvalue weighted by molar-refractivity contribution is 0.197. The van der Waals surface area contributed by atoms with Crippen LogP contribution in [0.5, 0.6) is 0 Å². The molecule has 0 fully saturated rings. The number of pyridine rings is 1.